The van der Waals surface area contributed by atoms with Crippen molar-refractivity contribution < 1.29 is 48.3 Å². The molecule has 0 bridgehead atoms. The highest BCUT2D eigenvalue weighted by molar-refractivity contribution is 7.99. The van der Waals surface area contributed by atoms with E-state index < -0.39 is 62.7 Å². The van der Waals surface area contributed by atoms with E-state index >= 15 is 0 Å². The highest BCUT2D eigenvalue weighted by atomic mass is 35.5. The minimum absolute atomic E-state index is 0.0950. The number of benzene rings is 5. The van der Waals surface area contributed by atoms with Gasteiger partial charge in [0, 0.05) is 103 Å². The lowest BCUT2D eigenvalue weighted by Gasteiger charge is -2.37. The molecule has 0 radical (unpaired) electrons. The summed E-state index contributed by atoms with van der Waals surface area (Å²) in [5, 5.41) is 14.0. The number of nitrogens with zero attached hydrogens (tertiary/aromatic N) is 4. The lowest BCUT2D eigenvalue weighted by Crippen LogP contribution is -2.46. The molecule has 0 saturated carbocycles. The van der Waals surface area contributed by atoms with Crippen molar-refractivity contribution in [2.45, 2.75) is 64.9 Å². The topological polar surface area (TPSA) is 190 Å². The number of halogens is 4. The number of sulfonamides is 2. The molecule has 3 heterocycles. The number of piperazine rings is 1. The molecule has 8 rings (SSSR count). The Kier molecular flexibility index (Phi) is 16.8. The summed E-state index contributed by atoms with van der Waals surface area (Å²) >= 11 is 7.67. The zero-order chi connectivity index (χ0) is 54.8. The smallest absolute Gasteiger partial charge is 0.390 e. The highest BCUT2D eigenvalue weighted by Crippen LogP contribution is 2.41. The number of sulfone groups is 1. The number of aromatic nitrogens is 1. The number of hydrogen-bond donors (Lipinski definition) is 4. The van der Waals surface area contributed by atoms with E-state index in [1.54, 1.807) is 38.1 Å². The van der Waals surface area contributed by atoms with Crippen molar-refractivity contribution in [1.82, 2.24) is 14.2 Å². The van der Waals surface area contributed by atoms with E-state index in [4.69, 9.17) is 11.6 Å². The number of carbonyl (C=O) groups excluding carboxylic acids is 1. The first-order chi connectivity index (χ1) is 35.8. The molecule has 1 aromatic heterocycles. The van der Waals surface area contributed by atoms with Crippen LogP contribution in [-0.2, 0) is 36.9 Å². The van der Waals surface area contributed by atoms with Crippen LogP contribution in [0.5, 0.6) is 0 Å². The predicted molar refractivity (Wildman–Crippen MR) is 295 cm³/mol. The van der Waals surface area contributed by atoms with E-state index in [-0.39, 0.29) is 16.9 Å². The second-order valence-corrected chi connectivity index (χ2v) is 26.2. The molecule has 0 unspecified atom stereocenters. The van der Waals surface area contributed by atoms with Crippen LogP contribution in [-0.4, -0.2) is 121 Å². The van der Waals surface area contributed by atoms with Crippen LogP contribution >= 0.6 is 23.4 Å². The van der Waals surface area contributed by atoms with Gasteiger partial charge in [-0.3, -0.25) is 9.52 Å². The number of alkyl halides is 3. The van der Waals surface area contributed by atoms with Crippen molar-refractivity contribution in [3.05, 3.63) is 138 Å². The molecule has 2 saturated heterocycles. The first kappa shape index (κ1) is 56.5. The van der Waals surface area contributed by atoms with Gasteiger partial charge in [0.1, 0.15) is 4.90 Å². The molecule has 0 aliphatic carbocycles. The number of piperidine rings is 1. The highest BCUT2D eigenvalue weighted by Gasteiger charge is 2.48. The SMILES string of the molecule is Cc1c(C(=O)NS(C)(=O)=O)c(-c2cccc(N3CCN(c4ccc(NS(=O)(=O)c5ccc(N[C@@H](CCN6CCC(C)(O)CC6)CSc6ccccc6)c(S(=O)(=O)C(F)(F)F)c5)cc4)CC3)c2)c(-c2ccc(Cl)cc2)n1C. The van der Waals surface area contributed by atoms with E-state index in [1.807, 2.05) is 78.3 Å². The van der Waals surface area contributed by atoms with Crippen LogP contribution in [0.15, 0.2) is 136 Å². The van der Waals surface area contributed by atoms with Crippen LogP contribution < -0.4 is 24.6 Å². The van der Waals surface area contributed by atoms with Gasteiger partial charge in [-0.1, -0.05) is 54.1 Å². The Morgan fingerprint density at radius 1 is 0.789 bits per heavy atom. The average Bonchev–Trinajstić information content (AvgIpc) is 3.68. The van der Waals surface area contributed by atoms with Gasteiger partial charge in [-0.25, -0.2) is 30.0 Å². The Labute approximate surface area is 451 Å². The maximum atomic E-state index is 14.3. The summed E-state index contributed by atoms with van der Waals surface area (Å²) in [6.45, 7) is 7.54. The van der Waals surface area contributed by atoms with Gasteiger partial charge in [-0.2, -0.15) is 13.2 Å². The van der Waals surface area contributed by atoms with Crippen LogP contribution in [0, 0.1) is 6.92 Å². The molecule has 5 aromatic carbocycles. The fourth-order valence-corrected chi connectivity index (χ4v) is 13.1. The summed E-state index contributed by atoms with van der Waals surface area (Å²) in [5.41, 5.74) is -1.70. The number of hydrogen-bond acceptors (Lipinski definition) is 13. The van der Waals surface area contributed by atoms with Crippen molar-refractivity contribution in [2.75, 3.05) is 77.7 Å². The van der Waals surface area contributed by atoms with Gasteiger partial charge >= 0.3 is 5.51 Å². The van der Waals surface area contributed by atoms with Gasteiger partial charge in [0.05, 0.1) is 33.7 Å². The first-order valence-corrected chi connectivity index (χ1v) is 30.6. The minimum Gasteiger partial charge on any atom is -0.390 e. The molecule has 1 amide bonds. The van der Waals surface area contributed by atoms with Gasteiger partial charge in [-0.15, -0.1) is 11.8 Å². The number of aliphatic hydroxyl groups is 1. The van der Waals surface area contributed by atoms with Crippen LogP contribution in [0.1, 0.15) is 42.2 Å². The van der Waals surface area contributed by atoms with E-state index in [0.29, 0.717) is 104 Å². The summed E-state index contributed by atoms with van der Waals surface area (Å²) < 4.78 is 128. The molecular weight excluding hydrogens is 1080 g/mol. The van der Waals surface area contributed by atoms with Crippen molar-refractivity contribution >= 4 is 81.9 Å². The molecule has 15 nitrogen and oxygen atoms in total. The zero-order valence-electron chi connectivity index (χ0n) is 42.1. The molecule has 76 heavy (non-hydrogen) atoms. The number of likely N-dealkylation sites (tertiary alicyclic amines) is 1. The molecule has 1 atom stereocenters. The molecular formula is C53H59ClF3N7O8S4. The third kappa shape index (κ3) is 13.3. The number of thioether (sulfide) groups is 1. The molecule has 23 heteroatoms. The van der Waals surface area contributed by atoms with Crippen molar-refractivity contribution in [3.8, 4) is 22.4 Å². The maximum Gasteiger partial charge on any atom is 0.501 e. The number of carbonyl (C=O) groups is 1. The van der Waals surface area contributed by atoms with E-state index in [1.165, 1.54) is 23.9 Å². The average molecular weight is 1140 g/mol. The standard InChI is InChI=1S/C53H59ClF3N7O8S4/c1-36-48(51(65)60-74(4,67)68)49(50(61(36)3)37-13-15-39(54)16-14-37)38-9-8-10-43(33-38)64-31-29-63(30-32-64)42-19-17-40(18-20-42)59-76(71,72)45-21-22-46(47(34-45)75(69,70)53(55,56)57)58-41(35-73-44-11-6-5-7-12-44)23-26-62-27-24-52(2,66)25-28-62/h5-22,33-34,41,58-59,66H,23-32,35H2,1-4H3,(H,60,65)/t41-/m0/s1. The Bertz CT molecular complexity index is 3400. The Morgan fingerprint density at radius 2 is 1.42 bits per heavy atom. The summed E-state index contributed by atoms with van der Waals surface area (Å²) in [4.78, 5) is 19.1. The lowest BCUT2D eigenvalue weighted by atomic mass is 9.94. The van der Waals surface area contributed by atoms with Crippen LogP contribution in [0.3, 0.4) is 0 Å². The number of rotatable bonds is 18. The molecule has 2 aliphatic rings. The van der Waals surface area contributed by atoms with Gasteiger partial charge < -0.3 is 29.7 Å². The number of nitrogens with one attached hydrogen (secondary N) is 3. The quantitative estimate of drug-likeness (QED) is 0.0597. The molecule has 406 valence electrons. The largest absolute Gasteiger partial charge is 0.501 e. The van der Waals surface area contributed by atoms with Gasteiger partial charge in [-0.05, 0) is 123 Å². The summed E-state index contributed by atoms with van der Waals surface area (Å²) in [6.07, 6.45) is 2.44. The van der Waals surface area contributed by atoms with Crippen LogP contribution in [0.25, 0.3) is 22.4 Å². The minimum atomic E-state index is -6.05. The van der Waals surface area contributed by atoms with E-state index in [9.17, 15) is 48.3 Å². The van der Waals surface area contributed by atoms with Crippen LogP contribution in [0.2, 0.25) is 5.02 Å². The van der Waals surface area contributed by atoms with Crippen molar-refractivity contribution in [3.63, 3.8) is 0 Å². The van der Waals surface area contributed by atoms with Crippen LogP contribution in [0.4, 0.5) is 35.9 Å². The monoisotopic (exact) mass is 1140 g/mol. The second-order valence-electron chi connectivity index (χ2n) is 19.3. The summed E-state index contributed by atoms with van der Waals surface area (Å²) in [7, 11) is -12.8. The Hall–Kier alpha value is -5.75. The molecule has 2 aliphatic heterocycles. The summed E-state index contributed by atoms with van der Waals surface area (Å²) in [6, 6.07) is 32.7. The molecule has 2 fully saturated rings. The maximum absolute atomic E-state index is 14.3. The second kappa shape index (κ2) is 22.7. The third-order valence-corrected chi connectivity index (χ3v) is 18.6. The van der Waals surface area contributed by atoms with Gasteiger partial charge in [0.25, 0.3) is 25.8 Å². The number of amides is 1. The fourth-order valence-electron chi connectivity index (χ4n) is 9.43. The Morgan fingerprint density at radius 3 is 2.04 bits per heavy atom. The van der Waals surface area contributed by atoms with Crippen molar-refractivity contribution in [1.29, 1.82) is 0 Å². The first-order valence-electron chi connectivity index (χ1n) is 24.3. The van der Waals surface area contributed by atoms with Gasteiger partial charge in [0.2, 0.25) is 10.0 Å². The summed E-state index contributed by atoms with van der Waals surface area (Å²) in [5.74, 6) is -0.405. The molecule has 0 spiro atoms. The van der Waals surface area contributed by atoms with E-state index in [2.05, 4.69) is 29.5 Å². The molecule has 6 aromatic rings. The number of anilines is 4. The van der Waals surface area contributed by atoms with Crippen molar-refractivity contribution in [2.24, 2.45) is 7.05 Å². The third-order valence-electron chi connectivity index (χ3n) is 13.7. The Balaban J connectivity index is 0.971. The predicted octanol–water partition coefficient (Wildman–Crippen LogP) is 9.24. The zero-order valence-corrected chi connectivity index (χ0v) is 46.2. The molecule has 4 N–H and O–H groups in total. The van der Waals surface area contributed by atoms with Gasteiger partial charge in [0.15, 0.2) is 0 Å². The lowest BCUT2D eigenvalue weighted by molar-refractivity contribution is -0.0436. The van der Waals surface area contributed by atoms with E-state index in [0.717, 1.165) is 40.2 Å². The normalized spacial score (nSPS) is 16.1. The fraction of sp³-hybridized carbons (Fsp3) is 0.340.